The molecular weight excluding hydrogens is 224 g/mol. The van der Waals surface area contributed by atoms with E-state index in [4.69, 9.17) is 21.7 Å². The van der Waals surface area contributed by atoms with E-state index < -0.39 is 0 Å². The second-order valence-electron chi connectivity index (χ2n) is 4.59. The number of rotatable bonds is 5. The maximum atomic E-state index is 5.67. The first kappa shape index (κ1) is 13.7. The molecule has 0 amide bonds. The number of nitrogens with one attached hydrogen (secondary N) is 2. The van der Waals surface area contributed by atoms with Gasteiger partial charge in [0.25, 0.3) is 0 Å². The zero-order valence-corrected chi connectivity index (χ0v) is 11.2. The van der Waals surface area contributed by atoms with E-state index in [2.05, 4.69) is 17.6 Å². The second-order valence-corrected chi connectivity index (χ2v) is 4.99. The summed E-state index contributed by atoms with van der Waals surface area (Å²) in [6.07, 6.45) is 2.23. The Kier molecular flexibility index (Phi) is 5.44. The van der Waals surface area contributed by atoms with E-state index >= 15 is 0 Å². The second kappa shape index (κ2) is 6.37. The van der Waals surface area contributed by atoms with Gasteiger partial charge in [-0.2, -0.15) is 0 Å². The predicted octanol–water partition coefficient (Wildman–Crippen LogP) is 1.05. The molecule has 0 aliphatic carbocycles. The maximum absolute atomic E-state index is 5.67. The molecule has 94 valence electrons. The van der Waals surface area contributed by atoms with Crippen LogP contribution in [-0.4, -0.2) is 43.6 Å². The van der Waals surface area contributed by atoms with Crippen molar-refractivity contribution in [3.05, 3.63) is 0 Å². The van der Waals surface area contributed by atoms with Crippen molar-refractivity contribution >= 4 is 17.3 Å². The van der Waals surface area contributed by atoms with Crippen LogP contribution in [0.1, 0.15) is 26.7 Å². The minimum Gasteiger partial charge on any atom is -0.383 e. The Morgan fingerprint density at radius 2 is 2.38 bits per heavy atom. The third-order valence-electron chi connectivity index (χ3n) is 2.72. The summed E-state index contributed by atoms with van der Waals surface area (Å²) in [4.78, 5) is 0. The first-order valence-electron chi connectivity index (χ1n) is 5.73. The summed E-state index contributed by atoms with van der Waals surface area (Å²) in [5.74, 6) is 0. The third-order valence-corrected chi connectivity index (χ3v) is 2.98. The number of thiocarbonyl (C=S) groups is 1. The van der Waals surface area contributed by atoms with E-state index in [0.717, 1.165) is 26.0 Å². The highest BCUT2D eigenvalue weighted by molar-refractivity contribution is 7.80. The van der Waals surface area contributed by atoms with E-state index in [9.17, 15) is 0 Å². The first-order chi connectivity index (χ1) is 7.56. The fourth-order valence-electron chi connectivity index (χ4n) is 1.81. The molecule has 0 aromatic carbocycles. The van der Waals surface area contributed by atoms with Gasteiger partial charge >= 0.3 is 0 Å². The monoisotopic (exact) mass is 246 g/mol. The standard InChI is InChI=1S/C11H22N2O2S/c1-9(7-14-3)13-10(16)12-8-11(2)5-4-6-15-11/h9H,4-8H2,1-3H3,(H2,12,13,16). The van der Waals surface area contributed by atoms with E-state index in [1.807, 2.05) is 6.92 Å². The Morgan fingerprint density at radius 3 is 2.94 bits per heavy atom. The smallest absolute Gasteiger partial charge is 0.166 e. The zero-order valence-electron chi connectivity index (χ0n) is 10.3. The summed E-state index contributed by atoms with van der Waals surface area (Å²) in [6, 6.07) is 0.224. The normalized spacial score (nSPS) is 26.4. The molecule has 1 saturated heterocycles. The van der Waals surface area contributed by atoms with E-state index in [1.165, 1.54) is 0 Å². The number of hydrogen-bond acceptors (Lipinski definition) is 3. The molecule has 2 unspecified atom stereocenters. The lowest BCUT2D eigenvalue weighted by Crippen LogP contribution is -2.47. The van der Waals surface area contributed by atoms with Gasteiger partial charge in [-0.25, -0.2) is 0 Å². The molecule has 0 spiro atoms. The Labute approximate surface area is 103 Å². The summed E-state index contributed by atoms with van der Waals surface area (Å²) in [6.45, 7) is 6.42. The van der Waals surface area contributed by atoms with Crippen LogP contribution in [0.3, 0.4) is 0 Å². The first-order valence-corrected chi connectivity index (χ1v) is 6.14. The fourth-order valence-corrected chi connectivity index (χ4v) is 2.08. The quantitative estimate of drug-likeness (QED) is 0.710. The average Bonchev–Trinajstić information content (AvgIpc) is 2.63. The van der Waals surface area contributed by atoms with Crippen molar-refractivity contribution in [1.29, 1.82) is 0 Å². The summed E-state index contributed by atoms with van der Waals surface area (Å²) >= 11 is 5.20. The Hall–Kier alpha value is -0.390. The minimum absolute atomic E-state index is 0.0593. The van der Waals surface area contributed by atoms with Crippen LogP contribution >= 0.6 is 12.2 Å². The fraction of sp³-hybridized carbons (Fsp3) is 0.909. The molecule has 4 nitrogen and oxygen atoms in total. The highest BCUT2D eigenvalue weighted by Gasteiger charge is 2.29. The van der Waals surface area contributed by atoms with Crippen LogP contribution in [0.5, 0.6) is 0 Å². The van der Waals surface area contributed by atoms with Gasteiger partial charge in [0.2, 0.25) is 0 Å². The van der Waals surface area contributed by atoms with Gasteiger partial charge in [-0.3, -0.25) is 0 Å². The molecule has 0 saturated carbocycles. The number of methoxy groups -OCH3 is 1. The molecule has 1 fully saturated rings. The van der Waals surface area contributed by atoms with Crippen LogP contribution < -0.4 is 10.6 Å². The van der Waals surface area contributed by atoms with Crippen LogP contribution in [0, 0.1) is 0 Å². The number of ether oxygens (including phenoxy) is 2. The third kappa shape index (κ3) is 4.63. The zero-order chi connectivity index (χ0) is 12.0. The van der Waals surface area contributed by atoms with Crippen molar-refractivity contribution in [3.63, 3.8) is 0 Å². The maximum Gasteiger partial charge on any atom is 0.166 e. The lowest BCUT2D eigenvalue weighted by molar-refractivity contribution is 0.0243. The molecule has 0 radical (unpaired) electrons. The van der Waals surface area contributed by atoms with Gasteiger partial charge in [-0.05, 0) is 38.9 Å². The van der Waals surface area contributed by atoms with Crippen LogP contribution in [0.4, 0.5) is 0 Å². The van der Waals surface area contributed by atoms with Gasteiger partial charge in [0.1, 0.15) is 0 Å². The van der Waals surface area contributed by atoms with Gasteiger partial charge in [-0.15, -0.1) is 0 Å². The van der Waals surface area contributed by atoms with Crippen LogP contribution in [0.25, 0.3) is 0 Å². The Balaban J connectivity index is 2.19. The Bertz CT molecular complexity index is 230. The summed E-state index contributed by atoms with van der Waals surface area (Å²) in [5.41, 5.74) is -0.0593. The van der Waals surface area contributed by atoms with E-state index in [-0.39, 0.29) is 11.6 Å². The number of hydrogen-bond donors (Lipinski definition) is 2. The van der Waals surface area contributed by atoms with Crippen LogP contribution in [-0.2, 0) is 9.47 Å². The molecule has 1 rings (SSSR count). The molecule has 1 aliphatic heterocycles. The lowest BCUT2D eigenvalue weighted by Gasteiger charge is -2.25. The molecule has 2 atom stereocenters. The van der Waals surface area contributed by atoms with Gasteiger partial charge in [0, 0.05) is 26.3 Å². The van der Waals surface area contributed by atoms with Crippen molar-refractivity contribution < 1.29 is 9.47 Å². The van der Waals surface area contributed by atoms with Crippen molar-refractivity contribution in [3.8, 4) is 0 Å². The molecule has 0 aromatic rings. The highest BCUT2D eigenvalue weighted by atomic mass is 32.1. The minimum atomic E-state index is -0.0593. The highest BCUT2D eigenvalue weighted by Crippen LogP contribution is 2.23. The summed E-state index contributed by atoms with van der Waals surface area (Å²) in [5, 5.41) is 7.02. The summed E-state index contributed by atoms with van der Waals surface area (Å²) < 4.78 is 10.7. The molecule has 1 aliphatic rings. The molecule has 1 heterocycles. The van der Waals surface area contributed by atoms with Crippen molar-refractivity contribution in [2.75, 3.05) is 26.9 Å². The van der Waals surface area contributed by atoms with E-state index in [1.54, 1.807) is 7.11 Å². The van der Waals surface area contributed by atoms with Gasteiger partial charge < -0.3 is 20.1 Å². The molecular formula is C11H22N2O2S. The van der Waals surface area contributed by atoms with Gasteiger partial charge in [-0.1, -0.05) is 0 Å². The van der Waals surface area contributed by atoms with Gasteiger partial charge in [0.15, 0.2) is 5.11 Å². The molecule has 16 heavy (non-hydrogen) atoms. The molecule has 0 bridgehead atoms. The summed E-state index contributed by atoms with van der Waals surface area (Å²) in [7, 11) is 1.68. The topological polar surface area (TPSA) is 42.5 Å². The average molecular weight is 246 g/mol. The largest absolute Gasteiger partial charge is 0.383 e. The van der Waals surface area contributed by atoms with Crippen LogP contribution in [0.15, 0.2) is 0 Å². The lowest BCUT2D eigenvalue weighted by atomic mass is 10.0. The SMILES string of the molecule is COCC(C)NC(=S)NCC1(C)CCCO1. The van der Waals surface area contributed by atoms with Gasteiger partial charge in [0.05, 0.1) is 12.2 Å². The van der Waals surface area contributed by atoms with E-state index in [0.29, 0.717) is 11.7 Å². The van der Waals surface area contributed by atoms with Crippen molar-refractivity contribution in [1.82, 2.24) is 10.6 Å². The molecule has 2 N–H and O–H groups in total. The van der Waals surface area contributed by atoms with Crippen molar-refractivity contribution in [2.45, 2.75) is 38.3 Å². The van der Waals surface area contributed by atoms with Crippen molar-refractivity contribution in [2.24, 2.45) is 0 Å². The van der Waals surface area contributed by atoms with Crippen LogP contribution in [0.2, 0.25) is 0 Å². The molecule has 0 aromatic heterocycles. The Morgan fingerprint density at radius 1 is 1.62 bits per heavy atom. The molecule has 5 heteroatoms. The predicted molar refractivity (Wildman–Crippen MR) is 68.7 cm³/mol.